The Hall–Kier alpha value is -2.04. The van der Waals surface area contributed by atoms with E-state index in [2.05, 4.69) is 21.4 Å². The molecule has 2 rings (SSSR count). The van der Waals surface area contributed by atoms with Crippen LogP contribution in [-0.4, -0.2) is 21.7 Å². The maximum Gasteiger partial charge on any atom is 0.414 e. The van der Waals surface area contributed by atoms with Crippen molar-refractivity contribution in [1.29, 1.82) is 0 Å². The molecule has 0 fully saturated rings. The van der Waals surface area contributed by atoms with Gasteiger partial charge in [0.25, 0.3) is 0 Å². The lowest BCUT2D eigenvalue weighted by Crippen LogP contribution is -2.27. The number of para-hydroxylation sites is 1. The summed E-state index contributed by atoms with van der Waals surface area (Å²) < 4.78 is 5.12. The molecule has 0 spiro atoms. The third kappa shape index (κ3) is 2.96. The van der Waals surface area contributed by atoms with Crippen LogP contribution in [0.15, 0.2) is 18.2 Å². The second-order valence-corrected chi connectivity index (χ2v) is 4.64. The topological polar surface area (TPSA) is 67.0 Å². The number of rotatable bonds is 1. The maximum atomic E-state index is 11.5. The van der Waals surface area contributed by atoms with E-state index in [1.165, 1.54) is 0 Å². The van der Waals surface area contributed by atoms with Crippen LogP contribution in [0, 0.1) is 6.07 Å². The van der Waals surface area contributed by atoms with E-state index in [0.29, 0.717) is 11.5 Å². The van der Waals surface area contributed by atoms with Gasteiger partial charge in [-0.15, -0.1) is 0 Å². The lowest BCUT2D eigenvalue weighted by molar-refractivity contribution is 0.0635. The minimum Gasteiger partial charge on any atom is -0.444 e. The van der Waals surface area contributed by atoms with Crippen LogP contribution in [0.1, 0.15) is 20.8 Å². The third-order valence-corrected chi connectivity index (χ3v) is 1.93. The molecule has 89 valence electrons. The fourth-order valence-electron chi connectivity index (χ4n) is 1.35. The van der Waals surface area contributed by atoms with E-state index in [-0.39, 0.29) is 0 Å². The number of ether oxygens (including phenoxy) is 1. The first-order valence-corrected chi connectivity index (χ1v) is 5.30. The van der Waals surface area contributed by atoms with E-state index < -0.39 is 11.7 Å². The number of aromatic nitrogens is 2. The van der Waals surface area contributed by atoms with Gasteiger partial charge in [-0.2, -0.15) is 0 Å². The molecule has 1 amide bonds. The lowest BCUT2D eigenvalue weighted by Gasteiger charge is -2.18. The second kappa shape index (κ2) is 4.08. The predicted octanol–water partition coefficient (Wildman–Crippen LogP) is 2.71. The largest absolute Gasteiger partial charge is 0.444 e. The predicted molar refractivity (Wildman–Crippen MR) is 64.8 cm³/mol. The van der Waals surface area contributed by atoms with Gasteiger partial charge in [0.2, 0.25) is 5.95 Å². The van der Waals surface area contributed by atoms with Gasteiger partial charge in [-0.1, -0.05) is 12.1 Å². The Kier molecular flexibility index (Phi) is 2.75. The van der Waals surface area contributed by atoms with Crippen molar-refractivity contribution in [3.8, 4) is 0 Å². The average Bonchev–Trinajstić information content (AvgIpc) is 2.55. The molecule has 1 aromatic carbocycles. The fraction of sp³-hybridized carbons (Fsp3) is 0.333. The molecule has 5 nitrogen and oxygen atoms in total. The van der Waals surface area contributed by atoms with Crippen LogP contribution in [0.2, 0.25) is 0 Å². The zero-order valence-electron chi connectivity index (χ0n) is 10.00. The van der Waals surface area contributed by atoms with E-state index in [4.69, 9.17) is 4.74 Å². The van der Waals surface area contributed by atoms with E-state index in [1.54, 1.807) is 26.8 Å². The molecule has 0 unspecified atom stereocenters. The molecule has 0 aliphatic heterocycles. The second-order valence-electron chi connectivity index (χ2n) is 4.64. The number of carbonyl (C=O) groups excluding carboxylic acids is 1. The fourth-order valence-corrected chi connectivity index (χ4v) is 1.35. The van der Waals surface area contributed by atoms with Crippen LogP contribution >= 0.6 is 0 Å². The summed E-state index contributed by atoms with van der Waals surface area (Å²) in [5.41, 5.74) is 0.972. The molecule has 5 heteroatoms. The highest BCUT2D eigenvalue weighted by atomic mass is 16.6. The van der Waals surface area contributed by atoms with Gasteiger partial charge in [0, 0.05) is 6.07 Å². The van der Waals surface area contributed by atoms with Crippen LogP contribution in [0.3, 0.4) is 0 Å². The number of carbonyl (C=O) groups is 1. The van der Waals surface area contributed by atoms with Crippen molar-refractivity contribution in [3.63, 3.8) is 0 Å². The summed E-state index contributed by atoms with van der Waals surface area (Å²) in [4.78, 5) is 18.6. The summed E-state index contributed by atoms with van der Waals surface area (Å²) in [7, 11) is 0. The number of amides is 1. The number of hydrogen-bond acceptors (Lipinski definition) is 3. The maximum absolute atomic E-state index is 11.5. The van der Waals surface area contributed by atoms with Gasteiger partial charge in [-0.05, 0) is 26.8 Å². The Bertz CT molecular complexity index is 507. The van der Waals surface area contributed by atoms with E-state index in [9.17, 15) is 4.79 Å². The van der Waals surface area contributed by atoms with Crippen LogP contribution in [-0.2, 0) is 4.74 Å². The third-order valence-electron chi connectivity index (χ3n) is 1.93. The van der Waals surface area contributed by atoms with Gasteiger partial charge >= 0.3 is 6.09 Å². The SMILES string of the molecule is CC(C)(C)OC(=O)Nc1nc2[c]cccc2[nH]1. The van der Waals surface area contributed by atoms with Crippen molar-refractivity contribution in [2.45, 2.75) is 26.4 Å². The van der Waals surface area contributed by atoms with Crippen molar-refractivity contribution >= 4 is 23.1 Å². The first-order valence-electron chi connectivity index (χ1n) is 5.30. The highest BCUT2D eigenvalue weighted by Gasteiger charge is 2.17. The molecule has 0 aliphatic carbocycles. The molecule has 2 N–H and O–H groups in total. The number of anilines is 1. The lowest BCUT2D eigenvalue weighted by atomic mass is 10.2. The van der Waals surface area contributed by atoms with Crippen molar-refractivity contribution in [1.82, 2.24) is 9.97 Å². The van der Waals surface area contributed by atoms with Gasteiger partial charge in [0.1, 0.15) is 5.60 Å². The summed E-state index contributed by atoms with van der Waals surface area (Å²) in [6.07, 6.45) is -0.531. The molecule has 0 aliphatic rings. The average molecular weight is 232 g/mol. The number of nitrogens with one attached hydrogen (secondary N) is 2. The Labute approximate surface area is 99.2 Å². The Morgan fingerprint density at radius 1 is 1.53 bits per heavy atom. The minimum absolute atomic E-state index is 0.358. The molecular weight excluding hydrogens is 218 g/mol. The van der Waals surface area contributed by atoms with Crippen molar-refractivity contribution in [2.24, 2.45) is 0 Å². The monoisotopic (exact) mass is 232 g/mol. The van der Waals surface area contributed by atoms with Crippen LogP contribution < -0.4 is 5.32 Å². The summed E-state index contributed by atoms with van der Waals surface area (Å²) >= 11 is 0. The zero-order valence-corrected chi connectivity index (χ0v) is 10.00. The normalized spacial score (nSPS) is 11.5. The quantitative estimate of drug-likeness (QED) is 0.794. The Morgan fingerprint density at radius 2 is 2.29 bits per heavy atom. The standard InChI is InChI=1S/C12H14N3O2/c1-12(2,3)17-11(16)15-10-13-8-6-4-5-7-9(8)14-10/h4-6H,1-3H3,(H2,13,14,15,16). The van der Waals surface area contributed by atoms with E-state index >= 15 is 0 Å². The van der Waals surface area contributed by atoms with Crippen LogP contribution in [0.4, 0.5) is 10.7 Å². The van der Waals surface area contributed by atoms with Gasteiger partial charge in [-0.3, -0.25) is 5.32 Å². The van der Waals surface area contributed by atoms with Gasteiger partial charge in [0.05, 0.1) is 11.0 Å². The molecule has 1 heterocycles. The molecule has 1 radical (unpaired) electrons. The highest BCUT2D eigenvalue weighted by molar-refractivity contribution is 5.86. The Morgan fingerprint density at radius 3 is 2.94 bits per heavy atom. The molecule has 2 aromatic rings. The zero-order chi connectivity index (χ0) is 12.5. The summed E-state index contributed by atoms with van der Waals surface area (Å²) in [6, 6.07) is 8.43. The van der Waals surface area contributed by atoms with Gasteiger partial charge < -0.3 is 9.72 Å². The minimum atomic E-state index is -0.531. The smallest absolute Gasteiger partial charge is 0.414 e. The molecule has 0 saturated heterocycles. The Balaban J connectivity index is 2.11. The molecule has 0 saturated carbocycles. The first kappa shape index (κ1) is 11.4. The van der Waals surface area contributed by atoms with E-state index in [1.807, 2.05) is 12.1 Å². The molecular formula is C12H14N3O2. The first-order chi connectivity index (χ1) is 7.94. The van der Waals surface area contributed by atoms with Crippen molar-refractivity contribution in [2.75, 3.05) is 5.32 Å². The van der Waals surface area contributed by atoms with E-state index in [0.717, 1.165) is 5.52 Å². The van der Waals surface area contributed by atoms with Crippen LogP contribution in [0.25, 0.3) is 11.0 Å². The summed E-state index contributed by atoms with van der Waals surface area (Å²) in [6.45, 7) is 5.41. The van der Waals surface area contributed by atoms with Gasteiger partial charge in [0.15, 0.2) is 0 Å². The number of imidazole rings is 1. The molecule has 0 atom stereocenters. The van der Waals surface area contributed by atoms with Crippen molar-refractivity contribution in [3.05, 3.63) is 24.3 Å². The number of aromatic amines is 1. The highest BCUT2D eigenvalue weighted by Crippen LogP contribution is 2.14. The molecule has 17 heavy (non-hydrogen) atoms. The summed E-state index contributed by atoms with van der Waals surface area (Å²) in [5.74, 6) is 0.358. The number of benzene rings is 1. The van der Waals surface area contributed by atoms with Gasteiger partial charge in [-0.25, -0.2) is 9.78 Å². The number of nitrogens with zero attached hydrogens (tertiary/aromatic N) is 1. The number of H-pyrrole nitrogens is 1. The molecule has 0 bridgehead atoms. The number of hydrogen-bond donors (Lipinski definition) is 2. The van der Waals surface area contributed by atoms with Crippen molar-refractivity contribution < 1.29 is 9.53 Å². The summed E-state index contributed by atoms with van der Waals surface area (Å²) in [5, 5.41) is 2.54. The van der Waals surface area contributed by atoms with Crippen LogP contribution in [0.5, 0.6) is 0 Å². The number of fused-ring (bicyclic) bond motifs is 1. The molecule has 1 aromatic heterocycles.